The zero-order chi connectivity index (χ0) is 9.71. The van der Waals surface area contributed by atoms with Crippen molar-refractivity contribution >= 4 is 5.78 Å². The van der Waals surface area contributed by atoms with Crippen LogP contribution in [-0.4, -0.2) is 10.4 Å². The van der Waals surface area contributed by atoms with Gasteiger partial charge in [-0.15, -0.1) is 0 Å². The second kappa shape index (κ2) is 2.35. The van der Waals surface area contributed by atoms with Gasteiger partial charge in [-0.25, -0.2) is 0 Å². The SMILES string of the molecule is Cc1cccc2c1-n1cccc1C2=O. The van der Waals surface area contributed by atoms with Crippen molar-refractivity contribution in [3.8, 4) is 5.69 Å². The second-order valence-electron chi connectivity index (χ2n) is 3.56. The molecule has 1 aliphatic heterocycles. The summed E-state index contributed by atoms with van der Waals surface area (Å²) in [6, 6.07) is 9.61. The number of ketones is 1. The molecule has 0 spiro atoms. The van der Waals surface area contributed by atoms with Crippen molar-refractivity contribution in [2.24, 2.45) is 0 Å². The number of para-hydroxylation sites is 1. The lowest BCUT2D eigenvalue weighted by Crippen LogP contribution is -1.93. The predicted molar refractivity (Wildman–Crippen MR) is 53.9 cm³/mol. The van der Waals surface area contributed by atoms with Gasteiger partial charge in [0.1, 0.15) is 0 Å². The highest BCUT2D eigenvalue weighted by Gasteiger charge is 2.26. The summed E-state index contributed by atoms with van der Waals surface area (Å²) in [6.45, 7) is 2.03. The van der Waals surface area contributed by atoms with Gasteiger partial charge in [0, 0.05) is 11.8 Å². The lowest BCUT2D eigenvalue weighted by molar-refractivity contribution is 0.104. The molecule has 2 aromatic rings. The van der Waals surface area contributed by atoms with Crippen LogP contribution in [0.25, 0.3) is 5.69 Å². The molecule has 0 atom stereocenters. The first kappa shape index (κ1) is 7.56. The van der Waals surface area contributed by atoms with Crippen LogP contribution in [0.3, 0.4) is 0 Å². The fourth-order valence-electron chi connectivity index (χ4n) is 2.06. The Morgan fingerprint density at radius 2 is 2.00 bits per heavy atom. The number of aryl methyl sites for hydroxylation is 1. The molecule has 0 fully saturated rings. The number of carbonyl (C=O) groups is 1. The van der Waals surface area contributed by atoms with E-state index in [1.807, 2.05) is 48.0 Å². The van der Waals surface area contributed by atoms with Gasteiger partial charge in [-0.2, -0.15) is 0 Å². The number of rotatable bonds is 0. The molecule has 2 heteroatoms. The van der Waals surface area contributed by atoms with Crippen LogP contribution in [0.5, 0.6) is 0 Å². The molecule has 2 nitrogen and oxygen atoms in total. The molecule has 1 aromatic heterocycles. The average molecular weight is 183 g/mol. The Bertz CT molecular complexity index is 537. The maximum atomic E-state index is 11.9. The van der Waals surface area contributed by atoms with Crippen LogP contribution in [0, 0.1) is 6.92 Å². The fraction of sp³-hybridized carbons (Fsp3) is 0.0833. The summed E-state index contributed by atoms with van der Waals surface area (Å²) in [6.07, 6.45) is 1.94. The topological polar surface area (TPSA) is 22.0 Å². The number of benzene rings is 1. The van der Waals surface area contributed by atoms with E-state index >= 15 is 0 Å². The number of hydrogen-bond acceptors (Lipinski definition) is 1. The molecular weight excluding hydrogens is 174 g/mol. The van der Waals surface area contributed by atoms with Crippen molar-refractivity contribution in [2.45, 2.75) is 6.92 Å². The van der Waals surface area contributed by atoms with Crippen LogP contribution in [-0.2, 0) is 0 Å². The van der Waals surface area contributed by atoms with Gasteiger partial charge in [0.05, 0.1) is 11.4 Å². The van der Waals surface area contributed by atoms with Crippen LogP contribution in [0.15, 0.2) is 36.5 Å². The third kappa shape index (κ3) is 0.732. The molecule has 3 rings (SSSR count). The second-order valence-corrected chi connectivity index (χ2v) is 3.56. The van der Waals surface area contributed by atoms with E-state index in [2.05, 4.69) is 0 Å². The van der Waals surface area contributed by atoms with Gasteiger partial charge >= 0.3 is 0 Å². The van der Waals surface area contributed by atoms with E-state index in [0.717, 1.165) is 22.5 Å². The van der Waals surface area contributed by atoms with Crippen molar-refractivity contribution in [3.05, 3.63) is 53.3 Å². The summed E-state index contributed by atoms with van der Waals surface area (Å²) in [5.74, 6) is 0.133. The van der Waals surface area contributed by atoms with Gasteiger partial charge in [0.25, 0.3) is 0 Å². The van der Waals surface area contributed by atoms with E-state index in [1.165, 1.54) is 0 Å². The molecule has 1 aromatic carbocycles. The summed E-state index contributed by atoms with van der Waals surface area (Å²) in [5, 5.41) is 0. The van der Waals surface area contributed by atoms with Crippen LogP contribution >= 0.6 is 0 Å². The zero-order valence-corrected chi connectivity index (χ0v) is 7.82. The van der Waals surface area contributed by atoms with Crippen molar-refractivity contribution in [1.29, 1.82) is 0 Å². The van der Waals surface area contributed by atoms with Crippen LogP contribution < -0.4 is 0 Å². The van der Waals surface area contributed by atoms with Gasteiger partial charge in [-0.05, 0) is 30.7 Å². The highest BCUT2D eigenvalue weighted by atomic mass is 16.1. The van der Waals surface area contributed by atoms with Crippen molar-refractivity contribution in [1.82, 2.24) is 4.57 Å². The Labute approximate surface area is 81.8 Å². The quantitative estimate of drug-likeness (QED) is 0.524. The van der Waals surface area contributed by atoms with E-state index in [0.29, 0.717) is 0 Å². The molecule has 2 heterocycles. The van der Waals surface area contributed by atoms with E-state index in [9.17, 15) is 4.79 Å². The van der Waals surface area contributed by atoms with Crippen molar-refractivity contribution < 1.29 is 4.79 Å². The molecular formula is C12H9NO. The van der Waals surface area contributed by atoms with Gasteiger partial charge in [-0.3, -0.25) is 4.79 Å². The minimum Gasteiger partial charge on any atom is -0.313 e. The highest BCUT2D eigenvalue weighted by molar-refractivity contribution is 6.14. The van der Waals surface area contributed by atoms with Crippen molar-refractivity contribution in [3.63, 3.8) is 0 Å². The third-order valence-electron chi connectivity index (χ3n) is 2.70. The Balaban J connectivity index is 2.46. The summed E-state index contributed by atoms with van der Waals surface area (Å²) in [5.41, 5.74) is 3.78. The minimum atomic E-state index is 0.133. The van der Waals surface area contributed by atoms with E-state index in [-0.39, 0.29) is 5.78 Å². The molecule has 0 unspecified atom stereocenters. The summed E-state index contributed by atoms with van der Waals surface area (Å²) in [7, 11) is 0. The maximum absolute atomic E-state index is 11.9. The lowest BCUT2D eigenvalue weighted by Gasteiger charge is -2.04. The molecule has 68 valence electrons. The van der Waals surface area contributed by atoms with Gasteiger partial charge < -0.3 is 4.57 Å². The number of fused-ring (bicyclic) bond motifs is 3. The van der Waals surface area contributed by atoms with Crippen molar-refractivity contribution in [2.75, 3.05) is 0 Å². The predicted octanol–water partition coefficient (Wildman–Crippen LogP) is 2.33. The first-order chi connectivity index (χ1) is 6.79. The summed E-state index contributed by atoms with van der Waals surface area (Å²) < 4.78 is 1.97. The molecule has 14 heavy (non-hydrogen) atoms. The highest BCUT2D eigenvalue weighted by Crippen LogP contribution is 2.30. The van der Waals surface area contributed by atoms with Crippen LogP contribution in [0.2, 0.25) is 0 Å². The number of aromatic nitrogens is 1. The van der Waals surface area contributed by atoms with E-state index in [4.69, 9.17) is 0 Å². The Morgan fingerprint density at radius 3 is 2.86 bits per heavy atom. The summed E-state index contributed by atoms with van der Waals surface area (Å²) >= 11 is 0. The minimum absolute atomic E-state index is 0.133. The average Bonchev–Trinajstić information content (AvgIpc) is 2.72. The maximum Gasteiger partial charge on any atom is 0.211 e. The lowest BCUT2D eigenvalue weighted by atomic mass is 10.1. The van der Waals surface area contributed by atoms with Crippen LogP contribution in [0.4, 0.5) is 0 Å². The van der Waals surface area contributed by atoms with Gasteiger partial charge in [0.15, 0.2) is 0 Å². The molecule has 0 saturated heterocycles. The monoisotopic (exact) mass is 183 g/mol. The number of nitrogens with zero attached hydrogens (tertiary/aromatic N) is 1. The molecule has 0 bridgehead atoms. The normalized spacial score (nSPS) is 12.8. The first-order valence-corrected chi connectivity index (χ1v) is 4.61. The largest absolute Gasteiger partial charge is 0.313 e. The number of hydrogen-bond donors (Lipinski definition) is 0. The standard InChI is InChI=1S/C12H9NO/c1-8-4-2-5-9-11(8)13-7-3-6-10(13)12(9)14/h2-7H,1H3. The first-order valence-electron chi connectivity index (χ1n) is 4.61. The molecule has 0 N–H and O–H groups in total. The van der Waals surface area contributed by atoms with Gasteiger partial charge in [-0.1, -0.05) is 12.1 Å². The Kier molecular flexibility index (Phi) is 1.27. The van der Waals surface area contributed by atoms with E-state index in [1.54, 1.807) is 0 Å². The smallest absolute Gasteiger partial charge is 0.211 e. The van der Waals surface area contributed by atoms with E-state index < -0.39 is 0 Å². The molecule has 1 aliphatic rings. The fourth-order valence-corrected chi connectivity index (χ4v) is 2.06. The van der Waals surface area contributed by atoms with Crippen LogP contribution in [0.1, 0.15) is 21.6 Å². The van der Waals surface area contributed by atoms with Gasteiger partial charge in [0.2, 0.25) is 5.78 Å². The molecule has 0 amide bonds. The molecule has 0 radical (unpaired) electrons. The molecule has 0 aliphatic carbocycles. The Hall–Kier alpha value is -1.83. The number of carbonyl (C=O) groups excluding carboxylic acids is 1. The zero-order valence-electron chi connectivity index (χ0n) is 7.82. The third-order valence-corrected chi connectivity index (χ3v) is 2.70. The summed E-state index contributed by atoms with van der Waals surface area (Å²) in [4.78, 5) is 11.9. The Morgan fingerprint density at radius 1 is 1.14 bits per heavy atom. The molecule has 0 saturated carbocycles.